The highest BCUT2D eigenvalue weighted by molar-refractivity contribution is 5.99. The second-order valence-corrected chi connectivity index (χ2v) is 21.6. The fraction of sp³-hybridized carbons (Fsp3) is 0.0667. The van der Waals surface area contributed by atoms with Gasteiger partial charge in [0, 0.05) is 0 Å². The molecule has 11 aromatic carbocycles. The molecule has 17 rings (SSSR count). The summed E-state index contributed by atoms with van der Waals surface area (Å²) >= 11 is 0. The van der Waals surface area contributed by atoms with Gasteiger partial charge in [-0.05, 0) is 170 Å². The summed E-state index contributed by atoms with van der Waals surface area (Å²) in [6, 6.07) is 97.6. The maximum absolute atomic E-state index is 2.53. The van der Waals surface area contributed by atoms with Gasteiger partial charge in [-0.25, -0.2) is 0 Å². The summed E-state index contributed by atoms with van der Waals surface area (Å²) in [5.41, 5.74) is 33.6. The van der Waals surface area contributed by atoms with Crippen molar-refractivity contribution in [1.29, 1.82) is 0 Å². The van der Waals surface area contributed by atoms with Crippen molar-refractivity contribution in [3.63, 3.8) is 0 Å². The standard InChI is InChI=1S/C75H48/c1-9-25-63-53(17-1)54-18-2-10-26-64(54)73(63,51-39-33-47(34-40-51)49-38-44-71-62(45-49)60-24-8-16-32-70(60)74(71)65-27-11-3-19-55(65)56-20-4-12-28-66(56)74)52-41-35-48(36-42-52)50-37-43-61-59-23-7-15-31-69(59)75(72(61)46-50)67-29-13-5-21-57(67)58-22-6-14-30-68(58)75/h1-13,15-29,31-46H,14,30H2. The molecule has 0 heterocycles. The third-order valence-electron chi connectivity index (χ3n) is 18.5. The highest BCUT2D eigenvalue weighted by Gasteiger charge is 2.54. The quantitative estimate of drug-likeness (QED) is 0.165. The van der Waals surface area contributed by atoms with Crippen LogP contribution in [0.3, 0.4) is 0 Å². The highest BCUT2D eigenvalue weighted by Crippen LogP contribution is 2.66. The van der Waals surface area contributed by atoms with Crippen LogP contribution < -0.4 is 0 Å². The van der Waals surface area contributed by atoms with Gasteiger partial charge in [0.2, 0.25) is 0 Å². The van der Waals surface area contributed by atoms with Crippen LogP contribution >= 0.6 is 0 Å². The zero-order valence-electron chi connectivity index (χ0n) is 41.3. The first-order chi connectivity index (χ1) is 37.2. The maximum atomic E-state index is 2.53. The van der Waals surface area contributed by atoms with Crippen molar-refractivity contribution >= 4 is 5.57 Å². The van der Waals surface area contributed by atoms with Crippen molar-refractivity contribution in [3.8, 4) is 66.8 Å². The molecule has 11 aromatic rings. The van der Waals surface area contributed by atoms with Crippen LogP contribution in [0.15, 0.2) is 273 Å². The van der Waals surface area contributed by atoms with E-state index < -0.39 is 5.41 Å². The Balaban J connectivity index is 0.795. The molecule has 2 spiro atoms. The summed E-state index contributed by atoms with van der Waals surface area (Å²) in [6.45, 7) is 0. The molecule has 1 atom stereocenters. The number of hydrogen-bond acceptors (Lipinski definition) is 0. The minimum absolute atomic E-state index is 0.299. The Bertz CT molecular complexity index is 4250. The van der Waals surface area contributed by atoms with Crippen LogP contribution in [0.2, 0.25) is 0 Å². The molecule has 0 saturated heterocycles. The van der Waals surface area contributed by atoms with Crippen molar-refractivity contribution in [2.45, 2.75) is 29.1 Å². The third-order valence-corrected chi connectivity index (χ3v) is 18.5. The van der Waals surface area contributed by atoms with Gasteiger partial charge in [-0.3, -0.25) is 0 Å². The van der Waals surface area contributed by atoms with Gasteiger partial charge in [-0.15, -0.1) is 0 Å². The summed E-state index contributed by atoms with van der Waals surface area (Å²) in [5.74, 6) is 0. The van der Waals surface area contributed by atoms with E-state index in [1.165, 1.54) is 139 Å². The van der Waals surface area contributed by atoms with Gasteiger partial charge in [0.15, 0.2) is 0 Å². The normalized spacial score (nSPS) is 17.4. The van der Waals surface area contributed by atoms with Gasteiger partial charge in [0.05, 0.1) is 16.2 Å². The molecule has 0 nitrogen and oxygen atoms in total. The minimum atomic E-state index is -0.522. The summed E-state index contributed by atoms with van der Waals surface area (Å²) in [4.78, 5) is 0. The van der Waals surface area contributed by atoms with E-state index in [9.17, 15) is 0 Å². The first-order valence-corrected chi connectivity index (χ1v) is 26.8. The second kappa shape index (κ2) is 15.0. The van der Waals surface area contributed by atoms with Gasteiger partial charge in [0.1, 0.15) is 0 Å². The summed E-state index contributed by atoms with van der Waals surface area (Å²) in [6.07, 6.45) is 6.90. The lowest BCUT2D eigenvalue weighted by Crippen LogP contribution is -2.28. The van der Waals surface area contributed by atoms with Crippen LogP contribution in [-0.4, -0.2) is 0 Å². The van der Waals surface area contributed by atoms with Gasteiger partial charge in [-0.2, -0.15) is 0 Å². The molecule has 6 aliphatic carbocycles. The van der Waals surface area contributed by atoms with E-state index in [4.69, 9.17) is 0 Å². The molecular formula is C75H48. The lowest BCUT2D eigenvalue weighted by Gasteiger charge is -2.34. The van der Waals surface area contributed by atoms with Gasteiger partial charge in [-0.1, -0.05) is 255 Å². The number of rotatable bonds is 4. The molecule has 348 valence electrons. The topological polar surface area (TPSA) is 0 Å². The molecule has 0 N–H and O–H groups in total. The lowest BCUT2D eigenvalue weighted by molar-refractivity contribution is 0.714. The Hall–Kier alpha value is -9.10. The van der Waals surface area contributed by atoms with Gasteiger partial charge in [0.25, 0.3) is 0 Å². The smallest absolute Gasteiger partial charge is 0.0725 e. The van der Waals surface area contributed by atoms with Crippen LogP contribution in [0.4, 0.5) is 0 Å². The zero-order chi connectivity index (χ0) is 49.0. The SMILES string of the molecule is C1=CC2=C(CC1)C1(c3ccccc32)c2ccccc2-c2ccc(-c3ccc(C4(c5ccc(-c6ccc7c(c6)-c6ccccc6C76c7ccccc7-c7ccccc76)cc5)c5ccccc5-c5ccccc54)cc3)cc21. The molecule has 0 saturated carbocycles. The zero-order valence-corrected chi connectivity index (χ0v) is 41.3. The number of fused-ring (bicyclic) bond motifs is 22. The number of hydrogen-bond donors (Lipinski definition) is 0. The lowest BCUT2D eigenvalue weighted by atomic mass is 9.67. The molecule has 6 aliphatic rings. The highest BCUT2D eigenvalue weighted by atomic mass is 14.6. The second-order valence-electron chi connectivity index (χ2n) is 21.6. The number of benzene rings is 11. The average molecular weight is 949 g/mol. The van der Waals surface area contributed by atoms with Crippen LogP contribution in [-0.2, 0) is 16.2 Å². The molecule has 75 heavy (non-hydrogen) atoms. The van der Waals surface area contributed by atoms with E-state index >= 15 is 0 Å². The van der Waals surface area contributed by atoms with Crippen molar-refractivity contribution in [2.24, 2.45) is 0 Å². The molecule has 0 fully saturated rings. The van der Waals surface area contributed by atoms with Crippen molar-refractivity contribution in [2.75, 3.05) is 0 Å². The third kappa shape index (κ3) is 5.08. The maximum Gasteiger partial charge on any atom is 0.0725 e. The molecule has 0 amide bonds. The van der Waals surface area contributed by atoms with Crippen LogP contribution in [0, 0.1) is 0 Å². The van der Waals surface area contributed by atoms with E-state index in [0.29, 0.717) is 0 Å². The Morgan fingerprint density at radius 3 is 1.08 bits per heavy atom. The van der Waals surface area contributed by atoms with Gasteiger partial charge < -0.3 is 0 Å². The molecule has 0 bridgehead atoms. The molecule has 0 aliphatic heterocycles. The van der Waals surface area contributed by atoms with Crippen LogP contribution in [0.25, 0.3) is 72.3 Å². The Kier molecular flexibility index (Phi) is 8.28. The molecule has 1 unspecified atom stereocenters. The Morgan fingerprint density at radius 2 is 0.587 bits per heavy atom. The Labute approximate surface area is 438 Å². The first-order valence-electron chi connectivity index (χ1n) is 26.8. The van der Waals surface area contributed by atoms with E-state index in [1.54, 1.807) is 5.57 Å². The monoisotopic (exact) mass is 948 g/mol. The summed E-state index contributed by atoms with van der Waals surface area (Å²) in [5, 5.41) is 0. The van der Waals surface area contributed by atoms with Crippen LogP contribution in [0.1, 0.15) is 79.6 Å². The van der Waals surface area contributed by atoms with Crippen molar-refractivity contribution in [3.05, 3.63) is 339 Å². The molecule has 0 heteroatoms. The van der Waals surface area contributed by atoms with E-state index in [0.717, 1.165) is 12.8 Å². The van der Waals surface area contributed by atoms with Crippen molar-refractivity contribution < 1.29 is 0 Å². The van der Waals surface area contributed by atoms with E-state index in [2.05, 4.69) is 267 Å². The first kappa shape index (κ1) is 41.4. The fourth-order valence-corrected chi connectivity index (χ4v) is 15.7. The number of allylic oxidation sites excluding steroid dienone is 4. The predicted molar refractivity (Wildman–Crippen MR) is 308 cm³/mol. The van der Waals surface area contributed by atoms with E-state index in [1.807, 2.05) is 0 Å². The fourth-order valence-electron chi connectivity index (χ4n) is 15.7. The molecule has 0 radical (unpaired) electrons. The van der Waals surface area contributed by atoms with Gasteiger partial charge >= 0.3 is 0 Å². The van der Waals surface area contributed by atoms with Crippen molar-refractivity contribution in [1.82, 2.24) is 0 Å². The largest absolute Gasteiger partial charge is 0.0836 e. The average Bonchev–Trinajstić information content (AvgIpc) is 4.43. The summed E-state index contributed by atoms with van der Waals surface area (Å²) < 4.78 is 0. The van der Waals surface area contributed by atoms with E-state index in [-0.39, 0.29) is 10.8 Å². The predicted octanol–water partition coefficient (Wildman–Crippen LogP) is 18.2. The minimum Gasteiger partial charge on any atom is -0.0836 e. The molecular weight excluding hydrogens is 901 g/mol. The Morgan fingerprint density at radius 1 is 0.240 bits per heavy atom. The molecule has 0 aromatic heterocycles. The summed E-state index contributed by atoms with van der Waals surface area (Å²) in [7, 11) is 0. The van der Waals surface area contributed by atoms with Crippen LogP contribution in [0.5, 0.6) is 0 Å².